The van der Waals surface area contributed by atoms with Crippen molar-refractivity contribution in [2.45, 2.75) is 113 Å². The van der Waals surface area contributed by atoms with Gasteiger partial charge in [-0.1, -0.05) is 191 Å². The molecule has 1 unspecified atom stereocenters. The van der Waals surface area contributed by atoms with Crippen LogP contribution in [0.2, 0.25) is 0 Å². The van der Waals surface area contributed by atoms with Gasteiger partial charge < -0.3 is 0 Å². The number of allylic oxidation sites excluding steroid dienone is 11. The Balaban J connectivity index is 0.000000174. The van der Waals surface area contributed by atoms with Gasteiger partial charge in [0.15, 0.2) is 0 Å². The van der Waals surface area contributed by atoms with Gasteiger partial charge in [-0.05, 0) is 151 Å². The normalized spacial score (nSPS) is 16.5. The monoisotopic (exact) mass is 792 g/mol. The molecule has 0 bridgehead atoms. The smallest absolute Gasteiger partial charge is 0.0306 e. The number of aryl methyl sites for hydroxylation is 4. The minimum atomic E-state index is 0.197. The van der Waals surface area contributed by atoms with Crippen LogP contribution >= 0.6 is 0 Å². The average Bonchev–Trinajstić information content (AvgIpc) is 3.51. The zero-order valence-electron chi connectivity index (χ0n) is 38.3. The van der Waals surface area contributed by atoms with E-state index in [1.807, 2.05) is 52.2 Å². The summed E-state index contributed by atoms with van der Waals surface area (Å²) in [5.74, 6) is 0.681. The second-order valence-corrected chi connectivity index (χ2v) is 16.8. The van der Waals surface area contributed by atoms with E-state index in [2.05, 4.69) is 180 Å². The third kappa shape index (κ3) is 11.4. The van der Waals surface area contributed by atoms with Crippen molar-refractivity contribution in [3.63, 3.8) is 0 Å². The molecule has 0 amide bonds. The van der Waals surface area contributed by atoms with Gasteiger partial charge in [0.2, 0.25) is 0 Å². The Hall–Kier alpha value is -5.53. The van der Waals surface area contributed by atoms with E-state index in [4.69, 9.17) is 0 Å². The summed E-state index contributed by atoms with van der Waals surface area (Å²) in [5.41, 5.74) is 21.5. The fraction of sp³-hybridized carbons (Fsp3) is 0.305. The number of aromatic nitrogens is 1. The van der Waals surface area contributed by atoms with Gasteiger partial charge in [0.1, 0.15) is 0 Å². The number of nitrogens with zero attached hydrogens (tertiary/aromatic N) is 1. The minimum absolute atomic E-state index is 0.197. The highest BCUT2D eigenvalue weighted by molar-refractivity contribution is 5.83. The molecule has 9 rings (SSSR count). The fourth-order valence-electron chi connectivity index (χ4n) is 8.54. The van der Waals surface area contributed by atoms with Crippen molar-refractivity contribution in [3.05, 3.63) is 213 Å². The number of pyridine rings is 1. The van der Waals surface area contributed by atoms with E-state index in [0.29, 0.717) is 5.92 Å². The first-order chi connectivity index (χ1) is 29.1. The molecule has 1 nitrogen and oxygen atoms in total. The van der Waals surface area contributed by atoms with Gasteiger partial charge in [-0.2, -0.15) is 0 Å². The first-order valence-corrected chi connectivity index (χ1v) is 22.4. The molecule has 4 aliphatic carbocycles. The summed E-state index contributed by atoms with van der Waals surface area (Å²) in [5, 5.41) is 0. The predicted molar refractivity (Wildman–Crippen MR) is 264 cm³/mol. The molecular formula is C59H69N. The van der Waals surface area contributed by atoms with Gasteiger partial charge in [0.05, 0.1) is 0 Å². The topological polar surface area (TPSA) is 12.9 Å². The van der Waals surface area contributed by atoms with E-state index in [1.54, 1.807) is 5.57 Å². The van der Waals surface area contributed by atoms with Crippen molar-refractivity contribution in [1.82, 2.24) is 4.98 Å². The number of hydrogen-bond donors (Lipinski definition) is 0. The molecule has 1 atom stereocenters. The molecule has 0 spiro atoms. The summed E-state index contributed by atoms with van der Waals surface area (Å²) in [6.45, 7) is 21.4. The van der Waals surface area contributed by atoms with Crippen LogP contribution < -0.4 is 0 Å². The van der Waals surface area contributed by atoms with Gasteiger partial charge in [0.25, 0.3) is 0 Å². The van der Waals surface area contributed by atoms with E-state index in [1.165, 1.54) is 84.3 Å². The zero-order chi connectivity index (χ0) is 43.1. The van der Waals surface area contributed by atoms with Crippen LogP contribution in [0.25, 0.3) is 28.3 Å². The molecule has 4 aliphatic rings. The van der Waals surface area contributed by atoms with Crippen LogP contribution in [0, 0.1) is 26.7 Å². The van der Waals surface area contributed by atoms with Crippen LogP contribution in [-0.2, 0) is 18.3 Å². The summed E-state index contributed by atoms with van der Waals surface area (Å²) in [6, 6.07) is 35.3. The second kappa shape index (κ2) is 22.2. The highest BCUT2D eigenvalue weighted by Gasteiger charge is 2.37. The zero-order valence-corrected chi connectivity index (χ0v) is 38.3. The molecule has 310 valence electrons. The molecule has 0 saturated heterocycles. The maximum absolute atomic E-state index is 4.16. The Morgan fingerprint density at radius 3 is 2.02 bits per heavy atom. The van der Waals surface area contributed by atoms with Crippen molar-refractivity contribution in [3.8, 4) is 11.1 Å². The van der Waals surface area contributed by atoms with Gasteiger partial charge in [0, 0.05) is 17.8 Å². The maximum atomic E-state index is 4.16. The van der Waals surface area contributed by atoms with E-state index < -0.39 is 0 Å². The van der Waals surface area contributed by atoms with Crippen molar-refractivity contribution in [1.29, 1.82) is 0 Å². The molecule has 0 N–H and O–H groups in total. The van der Waals surface area contributed by atoms with E-state index in [-0.39, 0.29) is 5.41 Å². The van der Waals surface area contributed by atoms with Crippen LogP contribution in [0.1, 0.15) is 124 Å². The summed E-state index contributed by atoms with van der Waals surface area (Å²) in [4.78, 5) is 4.16. The number of rotatable bonds is 4. The summed E-state index contributed by atoms with van der Waals surface area (Å²) < 4.78 is 0. The highest BCUT2D eigenvalue weighted by Crippen LogP contribution is 2.50. The molecule has 0 saturated carbocycles. The van der Waals surface area contributed by atoms with Gasteiger partial charge >= 0.3 is 0 Å². The highest BCUT2D eigenvalue weighted by atomic mass is 14.6. The first kappa shape index (κ1) is 45.6. The molecule has 1 heterocycles. The van der Waals surface area contributed by atoms with E-state index >= 15 is 0 Å². The Morgan fingerprint density at radius 2 is 1.35 bits per heavy atom. The lowest BCUT2D eigenvalue weighted by Crippen LogP contribution is -2.16. The van der Waals surface area contributed by atoms with Crippen LogP contribution in [-0.4, -0.2) is 4.98 Å². The molecule has 5 aromatic rings. The van der Waals surface area contributed by atoms with Crippen LogP contribution in [0.15, 0.2) is 163 Å². The van der Waals surface area contributed by atoms with E-state index in [9.17, 15) is 0 Å². The van der Waals surface area contributed by atoms with Gasteiger partial charge in [-0.15, -0.1) is 0 Å². The Morgan fingerprint density at radius 1 is 0.683 bits per heavy atom. The van der Waals surface area contributed by atoms with Crippen LogP contribution in [0.3, 0.4) is 0 Å². The minimum Gasteiger partial charge on any atom is -0.264 e. The summed E-state index contributed by atoms with van der Waals surface area (Å²) in [7, 11) is 0. The molecule has 0 radical (unpaired) electrons. The lowest BCUT2D eigenvalue weighted by Gasteiger charge is -2.24. The maximum Gasteiger partial charge on any atom is 0.0306 e. The predicted octanol–water partition coefficient (Wildman–Crippen LogP) is 16.6. The second-order valence-electron chi connectivity index (χ2n) is 16.8. The molecule has 1 heteroatoms. The largest absolute Gasteiger partial charge is 0.264 e. The Labute approximate surface area is 364 Å². The number of fused-ring (bicyclic) bond motifs is 3. The number of hydrogen-bond acceptors (Lipinski definition) is 1. The standard InChI is InChI=1S/C27H26.C16H18.C10H11N.C4H8.C2H6/c1-20-11-15-23(16-12-20)24-17-13-22(14-18-24)19-25-8-4-6-10-27(25)26-9-5-3-7-21(26)2;1-11-8-9-15-13(10-11)12-6-4-5-7-14(12)16(15,2)3;1-8-6-11-7-9-4-2-3-5-10(8)9;1-3-4-2;1-2/h3-13,15-17H,14,18-19H2,1-2H3;4-9,11H,10H2,1-3H3;3,5-7H,2,4H2,1H3;3-4H,1-2H3;1-2H3/b;;;4-3-;. The summed E-state index contributed by atoms with van der Waals surface area (Å²) >= 11 is 0. The third-order valence-electron chi connectivity index (χ3n) is 12.0. The molecule has 1 aromatic heterocycles. The quantitative estimate of drug-likeness (QED) is 0.165. The molecule has 0 aliphatic heterocycles. The Bertz CT molecular complexity index is 2360. The van der Waals surface area contributed by atoms with Crippen LogP contribution in [0.5, 0.6) is 0 Å². The van der Waals surface area contributed by atoms with E-state index in [0.717, 1.165) is 32.1 Å². The Kier molecular flexibility index (Phi) is 16.8. The summed E-state index contributed by atoms with van der Waals surface area (Å²) in [6.07, 6.45) is 28.5. The first-order valence-electron chi connectivity index (χ1n) is 22.4. The molecule has 60 heavy (non-hydrogen) atoms. The molecular weight excluding hydrogens is 723 g/mol. The van der Waals surface area contributed by atoms with Gasteiger partial charge in [-0.3, -0.25) is 4.98 Å². The van der Waals surface area contributed by atoms with Crippen LogP contribution in [0.4, 0.5) is 0 Å². The lowest BCUT2D eigenvalue weighted by molar-refractivity contribution is 0.643. The SMILES string of the molecule is C/C=C\C.CC.CC1C=CC2=C(C1)c1ccccc1C2(C)C.Cc1ccc(C2=CC=C(Cc3ccccc3-c3ccccc3C)CC2)cc1.Cc1cncc2c1C=CCC2. The molecule has 0 fully saturated rings. The average molecular weight is 792 g/mol. The van der Waals surface area contributed by atoms with Crippen molar-refractivity contribution in [2.75, 3.05) is 0 Å². The third-order valence-corrected chi connectivity index (χ3v) is 12.0. The van der Waals surface area contributed by atoms with Crippen molar-refractivity contribution < 1.29 is 0 Å². The number of benzene rings is 4. The van der Waals surface area contributed by atoms with Crippen molar-refractivity contribution in [2.24, 2.45) is 5.92 Å². The fourth-order valence-corrected chi connectivity index (χ4v) is 8.54. The van der Waals surface area contributed by atoms with Gasteiger partial charge in [-0.25, -0.2) is 0 Å². The lowest BCUT2D eigenvalue weighted by atomic mass is 9.79. The van der Waals surface area contributed by atoms with Crippen molar-refractivity contribution >= 4 is 17.2 Å². The molecule has 4 aromatic carbocycles.